The van der Waals surface area contributed by atoms with Crippen LogP contribution in [-0.2, 0) is 58.3 Å². The summed E-state index contributed by atoms with van der Waals surface area (Å²) in [5, 5.41) is 0. The van der Waals surface area contributed by atoms with Crippen molar-refractivity contribution in [1.29, 1.82) is 0 Å². The van der Waals surface area contributed by atoms with Gasteiger partial charge in [-0.2, -0.15) is 46.2 Å². The fourth-order valence-corrected chi connectivity index (χ4v) is 3.70. The van der Waals surface area contributed by atoms with Crippen LogP contribution in [0.15, 0.2) is 0 Å². The van der Waals surface area contributed by atoms with Crippen LogP contribution in [-0.4, -0.2) is 64.0 Å². The normalized spacial score (nSPS) is 15.6. The molecule has 0 spiro atoms. The molecule has 0 bridgehead atoms. The number of hydrogen-bond donors (Lipinski definition) is 4. The summed E-state index contributed by atoms with van der Waals surface area (Å²) in [6.07, 6.45) is -3.16. The van der Waals surface area contributed by atoms with Crippen LogP contribution in [0.1, 0.15) is 32.6 Å². The van der Waals surface area contributed by atoms with E-state index < -0.39 is 60.1 Å². The van der Waals surface area contributed by atoms with Gasteiger partial charge in [-0.15, -0.1) is 0 Å². The molecule has 0 rings (SSSR count). The van der Waals surface area contributed by atoms with Gasteiger partial charge in [0.1, 0.15) is 0 Å². The van der Waals surface area contributed by atoms with Crippen molar-refractivity contribution in [2.45, 2.75) is 44.7 Å². The average molecular weight is 484 g/mol. The molecule has 0 amide bonds. The van der Waals surface area contributed by atoms with Gasteiger partial charge in [-0.25, -0.2) is 4.18 Å². The zero-order chi connectivity index (χ0) is 21.7. The molecule has 20 heteroatoms. The Labute approximate surface area is 155 Å². The van der Waals surface area contributed by atoms with E-state index in [0.29, 0.717) is 6.42 Å². The highest BCUT2D eigenvalue weighted by Crippen LogP contribution is 2.32. The molecule has 1 unspecified atom stereocenters. The monoisotopic (exact) mass is 484 g/mol. The summed E-state index contributed by atoms with van der Waals surface area (Å²) in [6.45, 7) is 1.63. The Hall–Kier alpha value is -0.520. The second-order valence-electron chi connectivity index (χ2n) is 4.65. The van der Waals surface area contributed by atoms with E-state index in [1.807, 2.05) is 0 Å². The molecule has 0 aliphatic carbocycles. The summed E-state index contributed by atoms with van der Waals surface area (Å²) >= 11 is 0. The quantitative estimate of drug-likeness (QED) is 0.137. The van der Waals surface area contributed by atoms with E-state index in [1.165, 1.54) is 0 Å². The highest BCUT2D eigenvalue weighted by atomic mass is 32.3. The van der Waals surface area contributed by atoms with E-state index in [4.69, 9.17) is 18.2 Å². The molecule has 0 fully saturated rings. The summed E-state index contributed by atoms with van der Waals surface area (Å²) in [5.74, 6) is -4.35. The molecule has 0 aliphatic heterocycles. The molecule has 0 saturated carbocycles. The SMILES string of the molecule is CCCCCC(OS(=O)(=O)O)C(OS(=O)(=O)O)(OS(=O)(=O)O)OS(=O)(=O)O. The fraction of sp³-hybridized carbons (Fsp3) is 1.00. The molecule has 0 aromatic carbocycles. The Morgan fingerprint density at radius 3 is 1.33 bits per heavy atom. The van der Waals surface area contributed by atoms with Crippen molar-refractivity contribution in [2.75, 3.05) is 0 Å². The van der Waals surface area contributed by atoms with Crippen LogP contribution >= 0.6 is 0 Å². The van der Waals surface area contributed by atoms with Gasteiger partial charge in [0.05, 0.1) is 0 Å². The van der Waals surface area contributed by atoms with Crippen LogP contribution in [0.5, 0.6) is 0 Å². The minimum atomic E-state index is -5.92. The van der Waals surface area contributed by atoms with Gasteiger partial charge in [0.15, 0.2) is 6.10 Å². The molecule has 1 atom stereocenters. The van der Waals surface area contributed by atoms with Crippen LogP contribution in [0.25, 0.3) is 0 Å². The average Bonchev–Trinajstić information content (AvgIpc) is 2.29. The minimum absolute atomic E-state index is 0.170. The summed E-state index contributed by atoms with van der Waals surface area (Å²) < 4.78 is 137. The fourth-order valence-electron chi connectivity index (χ4n) is 1.65. The van der Waals surface area contributed by atoms with Crippen molar-refractivity contribution in [3.05, 3.63) is 0 Å². The Morgan fingerprint density at radius 2 is 1.07 bits per heavy atom. The molecule has 0 heterocycles. The summed E-state index contributed by atoms with van der Waals surface area (Å²) in [4.78, 5) is 0. The van der Waals surface area contributed by atoms with Gasteiger partial charge in [-0.05, 0) is 6.42 Å². The highest BCUT2D eigenvalue weighted by Gasteiger charge is 2.56. The third kappa shape index (κ3) is 12.5. The summed E-state index contributed by atoms with van der Waals surface area (Å²) in [5.41, 5.74) is 0. The van der Waals surface area contributed by atoms with Crippen molar-refractivity contribution < 1.29 is 68.6 Å². The summed E-state index contributed by atoms with van der Waals surface area (Å²) in [6, 6.07) is 0. The largest absolute Gasteiger partial charge is 0.402 e. The molecule has 4 N–H and O–H groups in total. The lowest BCUT2D eigenvalue weighted by molar-refractivity contribution is -0.298. The molecule has 16 nitrogen and oxygen atoms in total. The maximum absolute atomic E-state index is 11.0. The minimum Gasteiger partial charge on any atom is -0.264 e. The Morgan fingerprint density at radius 1 is 0.704 bits per heavy atom. The Bertz CT molecular complexity index is 812. The van der Waals surface area contributed by atoms with Gasteiger partial charge in [-0.1, -0.05) is 26.2 Å². The number of unbranched alkanes of at least 4 members (excludes halogenated alkanes) is 2. The van der Waals surface area contributed by atoms with E-state index >= 15 is 0 Å². The van der Waals surface area contributed by atoms with Crippen molar-refractivity contribution in [2.24, 2.45) is 0 Å². The van der Waals surface area contributed by atoms with E-state index in [0.717, 1.165) is 0 Å². The number of rotatable bonds is 13. The van der Waals surface area contributed by atoms with Crippen LogP contribution in [0.3, 0.4) is 0 Å². The van der Waals surface area contributed by atoms with Gasteiger partial charge >= 0.3 is 47.6 Å². The van der Waals surface area contributed by atoms with Crippen LogP contribution in [0.4, 0.5) is 0 Å². The Kier molecular flexibility index (Phi) is 9.14. The first-order valence-corrected chi connectivity index (χ1v) is 11.9. The van der Waals surface area contributed by atoms with Gasteiger partial charge in [0, 0.05) is 0 Å². The number of hydrogen-bond acceptors (Lipinski definition) is 12. The predicted octanol–water partition coefficient (Wildman–Crippen LogP) is -1.13. The van der Waals surface area contributed by atoms with Crippen molar-refractivity contribution in [3.63, 3.8) is 0 Å². The van der Waals surface area contributed by atoms with Gasteiger partial charge < -0.3 is 0 Å². The van der Waals surface area contributed by atoms with E-state index in [-0.39, 0.29) is 12.8 Å². The molecule has 164 valence electrons. The zero-order valence-electron chi connectivity index (χ0n) is 13.2. The lowest BCUT2D eigenvalue weighted by atomic mass is 10.1. The van der Waals surface area contributed by atoms with Gasteiger partial charge in [-0.3, -0.25) is 18.2 Å². The molecule has 0 aromatic rings. The second kappa shape index (κ2) is 9.32. The van der Waals surface area contributed by atoms with Crippen molar-refractivity contribution in [3.8, 4) is 0 Å². The first-order valence-electron chi connectivity index (χ1n) is 6.48. The lowest BCUT2D eigenvalue weighted by Crippen LogP contribution is -2.54. The van der Waals surface area contributed by atoms with Gasteiger partial charge in [0.2, 0.25) is 0 Å². The van der Waals surface area contributed by atoms with Gasteiger partial charge in [0.25, 0.3) is 0 Å². The lowest BCUT2D eigenvalue weighted by Gasteiger charge is -2.33. The van der Waals surface area contributed by atoms with Crippen molar-refractivity contribution >= 4 is 41.6 Å². The first kappa shape index (κ1) is 26.5. The third-order valence-electron chi connectivity index (χ3n) is 2.37. The van der Waals surface area contributed by atoms with E-state index in [9.17, 15) is 33.7 Å². The Balaban J connectivity index is 6.57. The highest BCUT2D eigenvalue weighted by molar-refractivity contribution is 7.82. The maximum atomic E-state index is 11.0. The van der Waals surface area contributed by atoms with Crippen LogP contribution < -0.4 is 0 Å². The van der Waals surface area contributed by atoms with Crippen LogP contribution in [0, 0.1) is 0 Å². The molecular weight excluding hydrogens is 468 g/mol. The molecule has 0 aromatic heterocycles. The van der Waals surface area contributed by atoms with Crippen molar-refractivity contribution in [1.82, 2.24) is 0 Å². The van der Waals surface area contributed by atoms with E-state index in [2.05, 4.69) is 16.7 Å². The zero-order valence-corrected chi connectivity index (χ0v) is 16.5. The topological polar surface area (TPSA) is 254 Å². The predicted molar refractivity (Wildman–Crippen MR) is 81.2 cm³/mol. The van der Waals surface area contributed by atoms with Crippen LogP contribution in [0.2, 0.25) is 0 Å². The smallest absolute Gasteiger partial charge is 0.264 e. The van der Waals surface area contributed by atoms with E-state index in [1.54, 1.807) is 6.92 Å². The first-order chi connectivity index (χ1) is 11.8. The second-order valence-corrected chi connectivity index (χ2v) is 8.76. The summed E-state index contributed by atoms with van der Waals surface area (Å²) in [7, 11) is -23.3. The molecule has 27 heavy (non-hydrogen) atoms. The molecular formula is C7H16O16S4. The molecule has 0 radical (unpaired) electrons. The molecule has 0 saturated heterocycles. The molecule has 0 aliphatic rings. The maximum Gasteiger partial charge on any atom is 0.402 e. The standard InChI is InChI=1S/C7H16O16S4/c1-2-3-4-5-6(20-24(8,9)10)7(21-25(11,12)13,22-26(14,15)16)23-27(17,18)19/h6H,2-5H2,1H3,(H,8,9,10)(H,11,12,13)(H,14,15,16)(H,17,18,19). The third-order valence-corrected chi connectivity index (χ3v) is 4.17.